The third-order valence-electron chi connectivity index (χ3n) is 2.33. The maximum absolute atomic E-state index is 6.21. The Balaban J connectivity index is 2.78. The fourth-order valence-electron chi connectivity index (χ4n) is 1.72. The van der Waals surface area contributed by atoms with Gasteiger partial charge < -0.3 is 5.32 Å². The summed E-state index contributed by atoms with van der Waals surface area (Å²) in [7, 11) is 0. The Hall–Kier alpha value is -0.550. The Bertz CT molecular complexity index is 540. The number of aryl methyl sites for hydroxylation is 1. The van der Waals surface area contributed by atoms with E-state index in [9.17, 15) is 0 Å². The number of hydrogen-bond donors (Lipinski definition) is 1. The fraction of sp³-hybridized carbons (Fsp3) is 0.250. The van der Waals surface area contributed by atoms with E-state index in [1.54, 1.807) is 0 Å². The normalized spacial score (nSPS) is 10.8. The van der Waals surface area contributed by atoms with Gasteiger partial charge in [-0.15, -0.1) is 0 Å². The number of halogens is 2. The second-order valence-corrected chi connectivity index (χ2v) is 5.28. The molecular formula is C12H12ClIN2. The molecule has 0 aliphatic rings. The minimum Gasteiger partial charge on any atom is -0.385 e. The minimum atomic E-state index is 0.713. The molecule has 4 heteroatoms. The molecule has 0 atom stereocenters. The van der Waals surface area contributed by atoms with E-state index in [-0.39, 0.29) is 0 Å². The summed E-state index contributed by atoms with van der Waals surface area (Å²) in [6.45, 7) is 4.95. The van der Waals surface area contributed by atoms with E-state index in [1.807, 2.05) is 13.0 Å². The molecule has 1 N–H and O–H groups in total. The van der Waals surface area contributed by atoms with Gasteiger partial charge in [0.2, 0.25) is 0 Å². The highest BCUT2D eigenvalue weighted by atomic mass is 127. The standard InChI is InChI=1S/C12H12ClIN2/c1-3-15-11-4-7(2)16-12-9(11)5-8(14)6-10(12)13/h4-6H,3H2,1-2H3,(H,15,16). The monoisotopic (exact) mass is 346 g/mol. The average molecular weight is 347 g/mol. The predicted octanol–water partition coefficient (Wildman–Crippen LogP) is 4.23. The number of nitrogens with one attached hydrogen (secondary N) is 1. The lowest BCUT2D eigenvalue weighted by Gasteiger charge is -2.10. The first-order valence-electron chi connectivity index (χ1n) is 5.12. The Morgan fingerprint density at radius 1 is 1.38 bits per heavy atom. The molecule has 0 saturated heterocycles. The van der Waals surface area contributed by atoms with Crippen LogP contribution in [0.2, 0.25) is 5.02 Å². The van der Waals surface area contributed by atoms with Crippen molar-refractivity contribution < 1.29 is 0 Å². The summed E-state index contributed by atoms with van der Waals surface area (Å²) in [6.07, 6.45) is 0. The molecular weight excluding hydrogens is 335 g/mol. The Kier molecular flexibility index (Phi) is 3.54. The quantitative estimate of drug-likeness (QED) is 0.823. The number of aromatic nitrogens is 1. The summed E-state index contributed by atoms with van der Waals surface area (Å²) in [5.74, 6) is 0. The van der Waals surface area contributed by atoms with E-state index in [0.717, 1.165) is 32.4 Å². The number of nitrogens with zero attached hydrogens (tertiary/aromatic N) is 1. The van der Waals surface area contributed by atoms with Crippen molar-refractivity contribution in [2.45, 2.75) is 13.8 Å². The van der Waals surface area contributed by atoms with Gasteiger partial charge in [0.05, 0.1) is 10.5 Å². The van der Waals surface area contributed by atoms with Crippen molar-refractivity contribution in [2.24, 2.45) is 0 Å². The number of fused-ring (bicyclic) bond motifs is 1. The molecule has 0 bridgehead atoms. The molecule has 16 heavy (non-hydrogen) atoms. The van der Waals surface area contributed by atoms with E-state index < -0.39 is 0 Å². The highest BCUT2D eigenvalue weighted by Gasteiger charge is 2.07. The smallest absolute Gasteiger partial charge is 0.0912 e. The van der Waals surface area contributed by atoms with Gasteiger partial charge in [-0.25, -0.2) is 0 Å². The zero-order chi connectivity index (χ0) is 11.7. The molecule has 0 spiro atoms. The van der Waals surface area contributed by atoms with Gasteiger partial charge in [0.15, 0.2) is 0 Å². The van der Waals surface area contributed by atoms with Gasteiger partial charge in [-0.2, -0.15) is 0 Å². The molecule has 0 radical (unpaired) electrons. The molecule has 1 aromatic heterocycles. The van der Waals surface area contributed by atoms with Crippen molar-refractivity contribution in [3.05, 3.63) is 32.5 Å². The van der Waals surface area contributed by atoms with Crippen LogP contribution < -0.4 is 5.32 Å². The van der Waals surface area contributed by atoms with Crippen LogP contribution in [0.5, 0.6) is 0 Å². The molecule has 2 rings (SSSR count). The first-order valence-corrected chi connectivity index (χ1v) is 6.57. The summed E-state index contributed by atoms with van der Waals surface area (Å²) in [5, 5.41) is 5.14. The molecule has 0 aliphatic carbocycles. The fourth-order valence-corrected chi connectivity index (χ4v) is 2.79. The van der Waals surface area contributed by atoms with Crippen LogP contribution in [0, 0.1) is 10.5 Å². The van der Waals surface area contributed by atoms with Crippen LogP contribution in [0.1, 0.15) is 12.6 Å². The molecule has 2 nitrogen and oxygen atoms in total. The van der Waals surface area contributed by atoms with Gasteiger partial charge in [-0.3, -0.25) is 4.98 Å². The van der Waals surface area contributed by atoms with Crippen LogP contribution in [-0.4, -0.2) is 11.5 Å². The van der Waals surface area contributed by atoms with Crippen LogP contribution in [0.15, 0.2) is 18.2 Å². The maximum Gasteiger partial charge on any atom is 0.0912 e. The lowest BCUT2D eigenvalue weighted by molar-refractivity contribution is 1.19. The maximum atomic E-state index is 6.21. The van der Waals surface area contributed by atoms with Crippen molar-refractivity contribution in [3.63, 3.8) is 0 Å². The summed E-state index contributed by atoms with van der Waals surface area (Å²) in [5.41, 5.74) is 2.95. The Morgan fingerprint density at radius 3 is 2.81 bits per heavy atom. The van der Waals surface area contributed by atoms with Gasteiger partial charge in [0.25, 0.3) is 0 Å². The van der Waals surface area contributed by atoms with Crippen molar-refractivity contribution in [1.82, 2.24) is 4.98 Å². The zero-order valence-electron chi connectivity index (χ0n) is 9.14. The third kappa shape index (κ3) is 2.25. The lowest BCUT2D eigenvalue weighted by Crippen LogP contribution is -1.99. The van der Waals surface area contributed by atoms with E-state index in [1.165, 1.54) is 0 Å². The SMILES string of the molecule is CCNc1cc(C)nc2c(Cl)cc(I)cc12. The second-order valence-electron chi connectivity index (χ2n) is 3.63. The van der Waals surface area contributed by atoms with E-state index >= 15 is 0 Å². The minimum absolute atomic E-state index is 0.713. The molecule has 0 fully saturated rings. The molecule has 1 heterocycles. The van der Waals surface area contributed by atoms with E-state index in [0.29, 0.717) is 5.02 Å². The highest BCUT2D eigenvalue weighted by molar-refractivity contribution is 14.1. The zero-order valence-corrected chi connectivity index (χ0v) is 12.1. The topological polar surface area (TPSA) is 24.9 Å². The summed E-state index contributed by atoms with van der Waals surface area (Å²) >= 11 is 8.48. The molecule has 0 aliphatic heterocycles. The first kappa shape index (κ1) is 11.9. The molecule has 84 valence electrons. The molecule has 0 saturated carbocycles. The average Bonchev–Trinajstić information content (AvgIpc) is 2.20. The van der Waals surface area contributed by atoms with Gasteiger partial charge in [-0.1, -0.05) is 11.6 Å². The summed E-state index contributed by atoms with van der Waals surface area (Å²) in [6, 6.07) is 6.09. The predicted molar refractivity (Wildman–Crippen MR) is 78.4 cm³/mol. The van der Waals surface area contributed by atoms with Crippen molar-refractivity contribution >= 4 is 50.8 Å². The van der Waals surface area contributed by atoms with E-state index in [4.69, 9.17) is 11.6 Å². The van der Waals surface area contributed by atoms with Crippen LogP contribution in [-0.2, 0) is 0 Å². The second kappa shape index (κ2) is 4.75. The number of benzene rings is 1. The van der Waals surface area contributed by atoms with Crippen LogP contribution in [0.25, 0.3) is 10.9 Å². The Morgan fingerprint density at radius 2 is 2.12 bits per heavy atom. The van der Waals surface area contributed by atoms with Crippen molar-refractivity contribution in [1.29, 1.82) is 0 Å². The van der Waals surface area contributed by atoms with Crippen LogP contribution >= 0.6 is 34.2 Å². The van der Waals surface area contributed by atoms with E-state index in [2.05, 4.69) is 51.9 Å². The number of rotatable bonds is 2. The highest BCUT2D eigenvalue weighted by Crippen LogP contribution is 2.30. The number of hydrogen-bond acceptors (Lipinski definition) is 2. The Labute approximate surface area is 114 Å². The van der Waals surface area contributed by atoms with Gasteiger partial charge >= 0.3 is 0 Å². The lowest BCUT2D eigenvalue weighted by atomic mass is 10.1. The molecule has 2 aromatic rings. The largest absolute Gasteiger partial charge is 0.385 e. The summed E-state index contributed by atoms with van der Waals surface area (Å²) < 4.78 is 1.12. The van der Waals surface area contributed by atoms with Crippen molar-refractivity contribution in [2.75, 3.05) is 11.9 Å². The van der Waals surface area contributed by atoms with Gasteiger partial charge in [0.1, 0.15) is 0 Å². The summed E-state index contributed by atoms with van der Waals surface area (Å²) in [4.78, 5) is 4.48. The molecule has 0 unspecified atom stereocenters. The van der Waals surface area contributed by atoms with Gasteiger partial charge in [0, 0.05) is 26.9 Å². The first-order chi connectivity index (χ1) is 7.61. The molecule has 1 aromatic carbocycles. The third-order valence-corrected chi connectivity index (χ3v) is 3.24. The van der Waals surface area contributed by atoms with Crippen LogP contribution in [0.3, 0.4) is 0 Å². The number of pyridine rings is 1. The number of anilines is 1. The molecule has 0 amide bonds. The van der Waals surface area contributed by atoms with Crippen LogP contribution in [0.4, 0.5) is 5.69 Å². The van der Waals surface area contributed by atoms with Gasteiger partial charge in [-0.05, 0) is 54.6 Å². The van der Waals surface area contributed by atoms with Crippen molar-refractivity contribution in [3.8, 4) is 0 Å².